The van der Waals surface area contributed by atoms with Crippen LogP contribution in [0.2, 0.25) is 0 Å². The lowest BCUT2D eigenvalue weighted by Gasteiger charge is -2.37. The molecule has 0 aromatic heterocycles. The van der Waals surface area contributed by atoms with E-state index in [1.54, 1.807) is 0 Å². The van der Waals surface area contributed by atoms with E-state index in [1.807, 2.05) is 11.8 Å². The monoisotopic (exact) mass is 177 g/mol. The summed E-state index contributed by atoms with van der Waals surface area (Å²) in [6, 6.07) is 0.327. The Hall–Kier alpha value is -0.180. The molecule has 1 aliphatic heterocycles. The SMILES string of the molecule is C[C@@H]1[C@@H](C)CCCN1CC(F)F. The fourth-order valence-corrected chi connectivity index (χ4v) is 1.86. The van der Waals surface area contributed by atoms with Gasteiger partial charge >= 0.3 is 0 Å². The molecule has 0 saturated carbocycles. The summed E-state index contributed by atoms with van der Waals surface area (Å²) in [4.78, 5) is 1.90. The Balaban J connectivity index is 2.41. The number of likely N-dealkylation sites (tertiary alicyclic amines) is 1. The van der Waals surface area contributed by atoms with Gasteiger partial charge in [-0.05, 0) is 32.2 Å². The fraction of sp³-hybridized carbons (Fsp3) is 1.00. The molecule has 0 aliphatic carbocycles. The van der Waals surface area contributed by atoms with Crippen molar-refractivity contribution in [3.05, 3.63) is 0 Å². The van der Waals surface area contributed by atoms with E-state index < -0.39 is 6.43 Å². The van der Waals surface area contributed by atoms with Gasteiger partial charge in [0.25, 0.3) is 6.43 Å². The van der Waals surface area contributed by atoms with E-state index in [1.165, 1.54) is 6.42 Å². The second-order valence-corrected chi connectivity index (χ2v) is 3.75. The Labute approximate surface area is 72.7 Å². The van der Waals surface area contributed by atoms with E-state index in [9.17, 15) is 8.78 Å². The van der Waals surface area contributed by atoms with Crippen LogP contribution in [0.3, 0.4) is 0 Å². The van der Waals surface area contributed by atoms with Crippen molar-refractivity contribution in [3.63, 3.8) is 0 Å². The number of nitrogens with zero attached hydrogens (tertiary/aromatic N) is 1. The molecule has 0 aromatic carbocycles. The molecule has 0 N–H and O–H groups in total. The van der Waals surface area contributed by atoms with Crippen molar-refractivity contribution in [2.24, 2.45) is 5.92 Å². The van der Waals surface area contributed by atoms with Crippen molar-refractivity contribution < 1.29 is 8.78 Å². The molecule has 1 aliphatic rings. The number of halogens is 2. The molecule has 1 fully saturated rings. The molecule has 1 nitrogen and oxygen atoms in total. The van der Waals surface area contributed by atoms with Gasteiger partial charge in [-0.25, -0.2) is 8.78 Å². The third-order valence-electron chi connectivity index (χ3n) is 2.88. The largest absolute Gasteiger partial charge is 0.295 e. The van der Waals surface area contributed by atoms with Crippen LogP contribution in [0.4, 0.5) is 8.78 Å². The molecule has 1 heterocycles. The second-order valence-electron chi connectivity index (χ2n) is 3.75. The quantitative estimate of drug-likeness (QED) is 0.626. The van der Waals surface area contributed by atoms with Gasteiger partial charge in [0.1, 0.15) is 0 Å². The summed E-state index contributed by atoms with van der Waals surface area (Å²) in [7, 11) is 0. The van der Waals surface area contributed by atoms with E-state index in [2.05, 4.69) is 6.92 Å². The number of hydrogen-bond acceptors (Lipinski definition) is 1. The van der Waals surface area contributed by atoms with Crippen molar-refractivity contribution in [2.45, 2.75) is 39.2 Å². The lowest BCUT2D eigenvalue weighted by molar-refractivity contribution is 0.0361. The Bertz CT molecular complexity index is 138. The van der Waals surface area contributed by atoms with Crippen LogP contribution in [0.15, 0.2) is 0 Å². The Kier molecular flexibility index (Phi) is 3.44. The van der Waals surface area contributed by atoms with Crippen molar-refractivity contribution in [3.8, 4) is 0 Å². The van der Waals surface area contributed by atoms with Gasteiger partial charge in [-0.15, -0.1) is 0 Å². The molecule has 12 heavy (non-hydrogen) atoms. The third-order valence-corrected chi connectivity index (χ3v) is 2.88. The highest BCUT2D eigenvalue weighted by atomic mass is 19.3. The van der Waals surface area contributed by atoms with Gasteiger partial charge in [-0.3, -0.25) is 4.90 Å². The Morgan fingerprint density at radius 3 is 2.67 bits per heavy atom. The molecule has 72 valence electrons. The zero-order valence-corrected chi connectivity index (χ0v) is 7.76. The maximum absolute atomic E-state index is 12.1. The maximum atomic E-state index is 12.1. The summed E-state index contributed by atoms with van der Waals surface area (Å²) in [6.45, 7) is 4.98. The summed E-state index contributed by atoms with van der Waals surface area (Å²) in [5.74, 6) is 0.567. The minimum atomic E-state index is -2.18. The first kappa shape index (κ1) is 9.90. The highest BCUT2D eigenvalue weighted by Gasteiger charge is 2.26. The Morgan fingerprint density at radius 2 is 2.08 bits per heavy atom. The first-order chi connectivity index (χ1) is 5.61. The van der Waals surface area contributed by atoms with Gasteiger partial charge in [-0.2, -0.15) is 0 Å². The molecule has 0 aromatic rings. The van der Waals surface area contributed by atoms with Crippen molar-refractivity contribution in [1.82, 2.24) is 4.90 Å². The van der Waals surface area contributed by atoms with Crippen LogP contribution in [-0.4, -0.2) is 30.5 Å². The van der Waals surface area contributed by atoms with E-state index in [-0.39, 0.29) is 6.54 Å². The summed E-state index contributed by atoms with van der Waals surface area (Å²) < 4.78 is 24.2. The molecular formula is C9H17F2N. The van der Waals surface area contributed by atoms with Gasteiger partial charge in [0, 0.05) is 6.04 Å². The van der Waals surface area contributed by atoms with Crippen LogP contribution in [-0.2, 0) is 0 Å². The predicted molar refractivity (Wildman–Crippen MR) is 45.4 cm³/mol. The van der Waals surface area contributed by atoms with Gasteiger partial charge in [-0.1, -0.05) is 6.92 Å². The van der Waals surface area contributed by atoms with Gasteiger partial charge in [0.2, 0.25) is 0 Å². The van der Waals surface area contributed by atoms with Crippen LogP contribution >= 0.6 is 0 Å². The minimum Gasteiger partial charge on any atom is -0.295 e. The number of hydrogen-bond donors (Lipinski definition) is 0. The van der Waals surface area contributed by atoms with Crippen molar-refractivity contribution in [2.75, 3.05) is 13.1 Å². The van der Waals surface area contributed by atoms with Crippen LogP contribution in [0.25, 0.3) is 0 Å². The third kappa shape index (κ3) is 2.41. The highest BCUT2D eigenvalue weighted by Crippen LogP contribution is 2.23. The van der Waals surface area contributed by atoms with Crippen LogP contribution in [0.1, 0.15) is 26.7 Å². The first-order valence-electron chi connectivity index (χ1n) is 4.63. The van der Waals surface area contributed by atoms with E-state index in [4.69, 9.17) is 0 Å². The van der Waals surface area contributed by atoms with Gasteiger partial charge in [0.05, 0.1) is 6.54 Å². The molecule has 2 atom stereocenters. The molecule has 3 heteroatoms. The summed E-state index contributed by atoms with van der Waals surface area (Å²) in [5, 5.41) is 0. The number of rotatable bonds is 2. The normalized spacial score (nSPS) is 32.8. The van der Waals surface area contributed by atoms with E-state index in [0.29, 0.717) is 12.0 Å². The highest BCUT2D eigenvalue weighted by molar-refractivity contribution is 4.78. The molecule has 0 spiro atoms. The smallest absolute Gasteiger partial charge is 0.251 e. The topological polar surface area (TPSA) is 3.24 Å². The van der Waals surface area contributed by atoms with Crippen LogP contribution in [0.5, 0.6) is 0 Å². The molecular weight excluding hydrogens is 160 g/mol. The average Bonchev–Trinajstić information content (AvgIpc) is 1.98. The van der Waals surface area contributed by atoms with Crippen LogP contribution in [0, 0.1) is 5.92 Å². The van der Waals surface area contributed by atoms with Crippen molar-refractivity contribution in [1.29, 1.82) is 0 Å². The lowest BCUT2D eigenvalue weighted by atomic mass is 9.92. The standard InChI is InChI=1S/C9H17F2N/c1-7-4-3-5-12(8(7)2)6-9(10)11/h7-9H,3-6H2,1-2H3/t7-,8+/m0/s1. The zero-order valence-electron chi connectivity index (χ0n) is 7.76. The average molecular weight is 177 g/mol. The van der Waals surface area contributed by atoms with Crippen molar-refractivity contribution >= 4 is 0 Å². The summed E-state index contributed by atoms with van der Waals surface area (Å²) in [5.41, 5.74) is 0. The molecule has 0 unspecified atom stereocenters. The lowest BCUT2D eigenvalue weighted by Crippen LogP contribution is -2.44. The minimum absolute atomic E-state index is 0.0501. The maximum Gasteiger partial charge on any atom is 0.251 e. The first-order valence-corrected chi connectivity index (χ1v) is 4.63. The van der Waals surface area contributed by atoms with E-state index in [0.717, 1.165) is 13.0 Å². The summed E-state index contributed by atoms with van der Waals surface area (Å²) >= 11 is 0. The second kappa shape index (κ2) is 4.17. The Morgan fingerprint density at radius 1 is 1.42 bits per heavy atom. The van der Waals surface area contributed by atoms with Gasteiger partial charge in [0.15, 0.2) is 0 Å². The zero-order chi connectivity index (χ0) is 9.14. The molecule has 0 radical (unpaired) electrons. The number of alkyl halides is 2. The molecule has 1 saturated heterocycles. The van der Waals surface area contributed by atoms with Gasteiger partial charge < -0.3 is 0 Å². The molecule has 1 rings (SSSR count). The predicted octanol–water partition coefficient (Wildman–Crippen LogP) is 2.37. The van der Waals surface area contributed by atoms with E-state index >= 15 is 0 Å². The number of piperidine rings is 1. The summed E-state index contributed by atoms with van der Waals surface area (Å²) in [6.07, 6.45) is 0.0665. The molecule has 0 amide bonds. The fourth-order valence-electron chi connectivity index (χ4n) is 1.86. The molecule has 0 bridgehead atoms. The van der Waals surface area contributed by atoms with Crippen LogP contribution < -0.4 is 0 Å².